The standard InChI is InChI=1S/C11H14F3NO2/c12-11(13,14)9(16)5-15-10(17)8-4-6-1-2-7(8)3-6/h1-2,6-9,16H,3-5H2,(H,15,17). The van der Waals surface area contributed by atoms with Crippen molar-refractivity contribution >= 4 is 5.91 Å². The molecule has 6 heteroatoms. The van der Waals surface area contributed by atoms with E-state index in [2.05, 4.69) is 11.4 Å². The third-order valence-electron chi connectivity index (χ3n) is 3.46. The van der Waals surface area contributed by atoms with Gasteiger partial charge in [0.15, 0.2) is 6.10 Å². The van der Waals surface area contributed by atoms with Crippen LogP contribution in [0.25, 0.3) is 0 Å². The van der Waals surface area contributed by atoms with Crippen molar-refractivity contribution < 1.29 is 23.1 Å². The number of rotatable bonds is 3. The van der Waals surface area contributed by atoms with Crippen molar-refractivity contribution in [1.82, 2.24) is 5.32 Å². The quantitative estimate of drug-likeness (QED) is 0.739. The van der Waals surface area contributed by atoms with Crippen molar-refractivity contribution in [3.8, 4) is 0 Å². The molecule has 0 heterocycles. The highest BCUT2D eigenvalue weighted by Gasteiger charge is 2.41. The molecule has 2 rings (SSSR count). The number of aliphatic hydroxyl groups excluding tert-OH is 1. The molecule has 2 aliphatic rings. The van der Waals surface area contributed by atoms with Gasteiger partial charge in [-0.1, -0.05) is 12.2 Å². The Hall–Kier alpha value is -1.04. The Bertz CT molecular complexity index is 340. The van der Waals surface area contributed by atoms with E-state index in [1.165, 1.54) is 0 Å². The maximum absolute atomic E-state index is 12.0. The molecule has 0 saturated heterocycles. The SMILES string of the molecule is O=C(NCC(O)C(F)(F)F)C1CC2C=CC1C2. The molecule has 4 unspecified atom stereocenters. The summed E-state index contributed by atoms with van der Waals surface area (Å²) in [7, 11) is 0. The van der Waals surface area contributed by atoms with E-state index >= 15 is 0 Å². The summed E-state index contributed by atoms with van der Waals surface area (Å²) in [6.45, 7) is -0.764. The molecule has 96 valence electrons. The number of hydrogen-bond donors (Lipinski definition) is 2. The minimum Gasteiger partial charge on any atom is -0.382 e. The molecule has 4 atom stereocenters. The maximum atomic E-state index is 12.0. The highest BCUT2D eigenvalue weighted by Crippen LogP contribution is 2.43. The summed E-state index contributed by atoms with van der Waals surface area (Å²) >= 11 is 0. The highest BCUT2D eigenvalue weighted by atomic mass is 19.4. The van der Waals surface area contributed by atoms with Gasteiger partial charge in [0.1, 0.15) is 0 Å². The molecule has 1 fully saturated rings. The summed E-state index contributed by atoms with van der Waals surface area (Å²) in [5.41, 5.74) is 0. The van der Waals surface area contributed by atoms with Gasteiger partial charge < -0.3 is 10.4 Å². The molecule has 0 spiro atoms. The lowest BCUT2D eigenvalue weighted by atomic mass is 9.93. The predicted octanol–water partition coefficient (Wildman–Crippen LogP) is 1.24. The lowest BCUT2D eigenvalue weighted by Gasteiger charge is -2.20. The van der Waals surface area contributed by atoms with Crippen LogP contribution in [0.2, 0.25) is 0 Å². The fourth-order valence-electron chi connectivity index (χ4n) is 2.53. The van der Waals surface area contributed by atoms with Crippen LogP contribution in [0.5, 0.6) is 0 Å². The van der Waals surface area contributed by atoms with E-state index in [0.29, 0.717) is 12.3 Å². The van der Waals surface area contributed by atoms with Crippen molar-refractivity contribution in [1.29, 1.82) is 0 Å². The molecule has 0 radical (unpaired) electrons. The number of hydrogen-bond acceptors (Lipinski definition) is 2. The zero-order valence-corrected chi connectivity index (χ0v) is 9.07. The van der Waals surface area contributed by atoms with E-state index in [0.717, 1.165) is 6.42 Å². The van der Waals surface area contributed by atoms with Crippen molar-refractivity contribution in [2.45, 2.75) is 25.1 Å². The summed E-state index contributed by atoms with van der Waals surface area (Å²) in [6, 6.07) is 0. The number of aliphatic hydroxyl groups is 1. The zero-order chi connectivity index (χ0) is 12.6. The van der Waals surface area contributed by atoms with Gasteiger partial charge in [-0.05, 0) is 24.7 Å². The number of alkyl halides is 3. The summed E-state index contributed by atoms with van der Waals surface area (Å²) in [5, 5.41) is 10.9. The Morgan fingerprint density at radius 1 is 1.41 bits per heavy atom. The largest absolute Gasteiger partial charge is 0.416 e. The van der Waals surface area contributed by atoms with Crippen LogP contribution >= 0.6 is 0 Å². The highest BCUT2D eigenvalue weighted by molar-refractivity contribution is 5.80. The maximum Gasteiger partial charge on any atom is 0.416 e. The molecule has 0 aromatic heterocycles. The van der Waals surface area contributed by atoms with Crippen LogP contribution in [0.15, 0.2) is 12.2 Å². The predicted molar refractivity (Wildman–Crippen MR) is 53.9 cm³/mol. The van der Waals surface area contributed by atoms with Gasteiger partial charge in [-0.15, -0.1) is 0 Å². The second-order valence-corrected chi connectivity index (χ2v) is 4.69. The first-order chi connectivity index (χ1) is 7.88. The van der Waals surface area contributed by atoms with Crippen molar-refractivity contribution in [2.75, 3.05) is 6.54 Å². The fourth-order valence-corrected chi connectivity index (χ4v) is 2.53. The second kappa shape index (κ2) is 4.33. The van der Waals surface area contributed by atoms with E-state index in [4.69, 9.17) is 5.11 Å². The van der Waals surface area contributed by atoms with Gasteiger partial charge in [0, 0.05) is 5.92 Å². The van der Waals surface area contributed by atoms with Crippen LogP contribution in [0.4, 0.5) is 13.2 Å². The van der Waals surface area contributed by atoms with Gasteiger partial charge in [0.2, 0.25) is 5.91 Å². The Balaban J connectivity index is 1.81. The number of fused-ring (bicyclic) bond motifs is 2. The molecule has 2 N–H and O–H groups in total. The van der Waals surface area contributed by atoms with E-state index < -0.39 is 18.8 Å². The van der Waals surface area contributed by atoms with Gasteiger partial charge in [-0.3, -0.25) is 4.79 Å². The zero-order valence-electron chi connectivity index (χ0n) is 9.07. The van der Waals surface area contributed by atoms with Gasteiger partial charge in [-0.2, -0.15) is 13.2 Å². The number of allylic oxidation sites excluding steroid dienone is 2. The van der Waals surface area contributed by atoms with Crippen molar-refractivity contribution in [2.24, 2.45) is 17.8 Å². The number of carbonyl (C=O) groups is 1. The molecule has 0 aromatic carbocycles. The van der Waals surface area contributed by atoms with E-state index in [1.807, 2.05) is 6.08 Å². The van der Waals surface area contributed by atoms with Crippen molar-refractivity contribution in [3.63, 3.8) is 0 Å². The number of nitrogens with one attached hydrogen (secondary N) is 1. The van der Waals surface area contributed by atoms with Crippen LogP contribution in [0, 0.1) is 17.8 Å². The molecule has 17 heavy (non-hydrogen) atoms. The molecule has 0 aromatic rings. The summed E-state index contributed by atoms with van der Waals surface area (Å²) < 4.78 is 36.0. The molecular weight excluding hydrogens is 235 g/mol. The molecule has 3 nitrogen and oxygen atoms in total. The van der Waals surface area contributed by atoms with Gasteiger partial charge in [0.05, 0.1) is 6.54 Å². The first-order valence-electron chi connectivity index (χ1n) is 5.58. The van der Waals surface area contributed by atoms with E-state index in [-0.39, 0.29) is 17.7 Å². The van der Waals surface area contributed by atoms with Crippen LogP contribution in [0.1, 0.15) is 12.8 Å². The topological polar surface area (TPSA) is 49.3 Å². The molecular formula is C11H14F3NO2. The number of amides is 1. The third-order valence-corrected chi connectivity index (χ3v) is 3.46. The van der Waals surface area contributed by atoms with Gasteiger partial charge in [0.25, 0.3) is 0 Å². The average Bonchev–Trinajstić information content (AvgIpc) is 2.85. The summed E-state index contributed by atoms with van der Waals surface area (Å²) in [5.74, 6) is -0.0677. The Labute approximate surface area is 96.7 Å². The van der Waals surface area contributed by atoms with Crippen molar-refractivity contribution in [3.05, 3.63) is 12.2 Å². The van der Waals surface area contributed by atoms with Crippen LogP contribution in [0.3, 0.4) is 0 Å². The first kappa shape index (κ1) is 12.4. The average molecular weight is 249 g/mol. The van der Waals surface area contributed by atoms with E-state index in [9.17, 15) is 18.0 Å². The lowest BCUT2D eigenvalue weighted by molar-refractivity contribution is -0.202. The number of carbonyl (C=O) groups excluding carboxylic acids is 1. The molecule has 0 aliphatic heterocycles. The second-order valence-electron chi connectivity index (χ2n) is 4.69. The van der Waals surface area contributed by atoms with E-state index in [1.54, 1.807) is 0 Å². The minimum absolute atomic E-state index is 0.156. The molecule has 1 saturated carbocycles. The monoisotopic (exact) mass is 249 g/mol. The van der Waals surface area contributed by atoms with Crippen LogP contribution in [-0.4, -0.2) is 29.8 Å². The molecule has 1 amide bonds. The fraction of sp³-hybridized carbons (Fsp3) is 0.727. The lowest BCUT2D eigenvalue weighted by Crippen LogP contribution is -2.43. The minimum atomic E-state index is -4.68. The smallest absolute Gasteiger partial charge is 0.382 e. The third kappa shape index (κ3) is 2.62. The molecule has 2 bridgehead atoms. The Morgan fingerprint density at radius 2 is 2.12 bits per heavy atom. The molecule has 2 aliphatic carbocycles. The van der Waals surface area contributed by atoms with Crippen LogP contribution in [-0.2, 0) is 4.79 Å². The van der Waals surface area contributed by atoms with Gasteiger partial charge in [-0.25, -0.2) is 0 Å². The first-order valence-corrected chi connectivity index (χ1v) is 5.58. The number of halogens is 3. The van der Waals surface area contributed by atoms with Gasteiger partial charge >= 0.3 is 6.18 Å². The Kier molecular flexibility index (Phi) is 3.16. The van der Waals surface area contributed by atoms with Crippen LogP contribution < -0.4 is 5.32 Å². The normalized spacial score (nSPS) is 32.8. The summed E-state index contributed by atoms with van der Waals surface area (Å²) in [6.07, 6.45) is -1.53. The summed E-state index contributed by atoms with van der Waals surface area (Å²) in [4.78, 5) is 11.6. The Morgan fingerprint density at radius 3 is 2.59 bits per heavy atom.